The van der Waals surface area contributed by atoms with Crippen molar-refractivity contribution in [2.45, 2.75) is 32.4 Å². The zero-order valence-corrected chi connectivity index (χ0v) is 16.9. The molecular weight excluding hydrogens is 369 g/mol. The minimum absolute atomic E-state index is 0.0675. The van der Waals surface area contributed by atoms with Crippen molar-refractivity contribution in [2.24, 2.45) is 0 Å². The number of halogens is 1. The summed E-state index contributed by atoms with van der Waals surface area (Å²) in [7, 11) is 0. The van der Waals surface area contributed by atoms with Gasteiger partial charge in [0.1, 0.15) is 11.6 Å². The molecule has 1 heterocycles. The number of carbonyl (C=O) groups is 1. The van der Waals surface area contributed by atoms with E-state index in [0.29, 0.717) is 24.4 Å². The fourth-order valence-electron chi connectivity index (χ4n) is 3.50. The molecule has 152 valence electrons. The Bertz CT molecular complexity index is 872. The van der Waals surface area contributed by atoms with Crippen molar-refractivity contribution in [1.29, 1.82) is 5.26 Å². The number of carbonyl (C=O) groups excluding carboxylic acids is 1. The highest BCUT2D eigenvalue weighted by Crippen LogP contribution is 2.22. The maximum atomic E-state index is 13.1. The van der Waals surface area contributed by atoms with E-state index >= 15 is 0 Å². The van der Waals surface area contributed by atoms with E-state index in [9.17, 15) is 9.18 Å². The van der Waals surface area contributed by atoms with E-state index in [1.165, 1.54) is 24.3 Å². The molecule has 1 fully saturated rings. The molecule has 0 spiro atoms. The molecule has 0 saturated carbocycles. The molecule has 1 amide bonds. The van der Waals surface area contributed by atoms with Crippen molar-refractivity contribution in [3.8, 4) is 11.8 Å². The predicted molar refractivity (Wildman–Crippen MR) is 109 cm³/mol. The first-order valence-corrected chi connectivity index (χ1v) is 9.83. The highest BCUT2D eigenvalue weighted by Gasteiger charge is 2.35. The number of hydrogen-bond acceptors (Lipinski definition) is 4. The van der Waals surface area contributed by atoms with Gasteiger partial charge in [-0.05, 0) is 62.2 Å². The summed E-state index contributed by atoms with van der Waals surface area (Å²) >= 11 is 0. The molecule has 3 rings (SSSR count). The number of nitriles is 1. The van der Waals surface area contributed by atoms with E-state index in [4.69, 9.17) is 10.00 Å². The third-order valence-electron chi connectivity index (χ3n) is 5.07. The van der Waals surface area contributed by atoms with E-state index in [0.717, 1.165) is 31.6 Å². The van der Waals surface area contributed by atoms with Crippen LogP contribution in [-0.4, -0.2) is 47.5 Å². The number of rotatable bonds is 5. The SMILES string of the molecule is CC(C)(Oc1ccc(F)cc1)C(=O)N1CCCN(Cc2ccc(C#N)cc2)CC1. The van der Waals surface area contributed by atoms with Crippen LogP contribution in [0.2, 0.25) is 0 Å². The van der Waals surface area contributed by atoms with Crippen molar-refractivity contribution in [3.63, 3.8) is 0 Å². The molecule has 0 aliphatic carbocycles. The first kappa shape index (κ1) is 20.8. The molecular formula is C23H26FN3O2. The Hall–Kier alpha value is -2.91. The average molecular weight is 395 g/mol. The Morgan fingerprint density at radius 1 is 1.07 bits per heavy atom. The molecule has 2 aromatic rings. The standard InChI is InChI=1S/C23H26FN3O2/c1-23(2,29-21-10-8-20(24)9-11-21)22(28)27-13-3-12-26(14-15-27)17-19-6-4-18(16-25)5-7-19/h4-11H,3,12-15,17H2,1-2H3. The van der Waals surface area contributed by atoms with Gasteiger partial charge in [-0.25, -0.2) is 4.39 Å². The Labute approximate surface area is 171 Å². The summed E-state index contributed by atoms with van der Waals surface area (Å²) in [5, 5.41) is 8.91. The monoisotopic (exact) mass is 395 g/mol. The first-order chi connectivity index (χ1) is 13.9. The van der Waals surface area contributed by atoms with Gasteiger partial charge in [-0.1, -0.05) is 12.1 Å². The van der Waals surface area contributed by atoms with Gasteiger partial charge in [0.15, 0.2) is 5.60 Å². The molecule has 1 aliphatic rings. The molecule has 1 aliphatic heterocycles. The van der Waals surface area contributed by atoms with Crippen molar-refractivity contribution in [2.75, 3.05) is 26.2 Å². The molecule has 0 atom stereocenters. The Morgan fingerprint density at radius 3 is 2.41 bits per heavy atom. The van der Waals surface area contributed by atoms with Gasteiger partial charge in [0.25, 0.3) is 5.91 Å². The van der Waals surface area contributed by atoms with E-state index in [1.807, 2.05) is 29.2 Å². The maximum absolute atomic E-state index is 13.1. The number of benzene rings is 2. The van der Waals surface area contributed by atoms with Crippen LogP contribution < -0.4 is 4.74 Å². The van der Waals surface area contributed by atoms with Crippen LogP contribution in [0.5, 0.6) is 5.75 Å². The summed E-state index contributed by atoms with van der Waals surface area (Å²) in [6.45, 7) is 7.28. The summed E-state index contributed by atoms with van der Waals surface area (Å²) in [4.78, 5) is 17.2. The van der Waals surface area contributed by atoms with Crippen molar-refractivity contribution in [3.05, 3.63) is 65.5 Å². The minimum Gasteiger partial charge on any atom is -0.478 e. The average Bonchev–Trinajstić information content (AvgIpc) is 2.95. The molecule has 0 N–H and O–H groups in total. The summed E-state index contributed by atoms with van der Waals surface area (Å²) in [6.07, 6.45) is 0.884. The summed E-state index contributed by atoms with van der Waals surface area (Å²) in [6, 6.07) is 15.5. The third kappa shape index (κ3) is 5.55. The topological polar surface area (TPSA) is 56.6 Å². The normalized spacial score (nSPS) is 15.4. The van der Waals surface area contributed by atoms with Crippen molar-refractivity contribution >= 4 is 5.91 Å². The second-order valence-electron chi connectivity index (χ2n) is 7.80. The van der Waals surface area contributed by atoms with Crippen LogP contribution in [0.4, 0.5) is 4.39 Å². The van der Waals surface area contributed by atoms with Gasteiger partial charge in [0, 0.05) is 32.7 Å². The van der Waals surface area contributed by atoms with E-state index in [-0.39, 0.29) is 11.7 Å². The largest absolute Gasteiger partial charge is 0.478 e. The third-order valence-corrected chi connectivity index (χ3v) is 5.07. The lowest BCUT2D eigenvalue weighted by atomic mass is 10.1. The highest BCUT2D eigenvalue weighted by atomic mass is 19.1. The van der Waals surface area contributed by atoms with Crippen LogP contribution in [0.15, 0.2) is 48.5 Å². The second kappa shape index (κ2) is 9.06. The maximum Gasteiger partial charge on any atom is 0.266 e. The number of hydrogen-bond donors (Lipinski definition) is 0. The van der Waals surface area contributed by atoms with Gasteiger partial charge in [0.05, 0.1) is 11.6 Å². The molecule has 1 saturated heterocycles. The van der Waals surface area contributed by atoms with Crippen LogP contribution >= 0.6 is 0 Å². The predicted octanol–water partition coefficient (Wildman–Crippen LogP) is 3.59. The second-order valence-corrected chi connectivity index (χ2v) is 7.80. The van der Waals surface area contributed by atoms with Gasteiger partial charge in [-0.3, -0.25) is 9.69 Å². The fraction of sp³-hybridized carbons (Fsp3) is 0.391. The summed E-state index contributed by atoms with van der Waals surface area (Å²) < 4.78 is 19.0. The smallest absolute Gasteiger partial charge is 0.266 e. The van der Waals surface area contributed by atoms with Gasteiger partial charge in [-0.15, -0.1) is 0 Å². The lowest BCUT2D eigenvalue weighted by molar-refractivity contribution is -0.145. The zero-order valence-electron chi connectivity index (χ0n) is 16.9. The molecule has 29 heavy (non-hydrogen) atoms. The lowest BCUT2D eigenvalue weighted by Gasteiger charge is -2.32. The van der Waals surface area contributed by atoms with Gasteiger partial charge in [0.2, 0.25) is 0 Å². The van der Waals surface area contributed by atoms with Crippen LogP contribution in [0, 0.1) is 17.1 Å². The Kier molecular flexibility index (Phi) is 6.50. The molecule has 0 aromatic heterocycles. The fourth-order valence-corrected chi connectivity index (χ4v) is 3.50. The molecule has 0 bridgehead atoms. The van der Waals surface area contributed by atoms with Crippen LogP contribution in [0.3, 0.4) is 0 Å². The summed E-state index contributed by atoms with van der Waals surface area (Å²) in [5.41, 5.74) is 0.786. The van der Waals surface area contributed by atoms with E-state index in [1.54, 1.807) is 13.8 Å². The quantitative estimate of drug-likeness (QED) is 0.776. The highest BCUT2D eigenvalue weighted by molar-refractivity contribution is 5.84. The number of amides is 1. The van der Waals surface area contributed by atoms with Crippen LogP contribution in [0.1, 0.15) is 31.4 Å². The minimum atomic E-state index is -1.03. The zero-order chi connectivity index (χ0) is 20.9. The van der Waals surface area contributed by atoms with Crippen LogP contribution in [0.25, 0.3) is 0 Å². The van der Waals surface area contributed by atoms with E-state index < -0.39 is 5.60 Å². The van der Waals surface area contributed by atoms with Crippen molar-refractivity contribution < 1.29 is 13.9 Å². The number of nitrogens with zero attached hydrogens (tertiary/aromatic N) is 3. The molecule has 6 heteroatoms. The Balaban J connectivity index is 1.57. The molecule has 5 nitrogen and oxygen atoms in total. The molecule has 0 unspecified atom stereocenters. The van der Waals surface area contributed by atoms with Gasteiger partial charge < -0.3 is 9.64 Å². The van der Waals surface area contributed by atoms with E-state index in [2.05, 4.69) is 11.0 Å². The molecule has 2 aromatic carbocycles. The van der Waals surface area contributed by atoms with Crippen molar-refractivity contribution in [1.82, 2.24) is 9.80 Å². The first-order valence-electron chi connectivity index (χ1n) is 9.83. The molecule has 0 radical (unpaired) electrons. The van der Waals surface area contributed by atoms with Gasteiger partial charge in [-0.2, -0.15) is 5.26 Å². The van der Waals surface area contributed by atoms with Crippen LogP contribution in [-0.2, 0) is 11.3 Å². The lowest BCUT2D eigenvalue weighted by Crippen LogP contribution is -2.50. The Morgan fingerprint density at radius 2 is 1.76 bits per heavy atom. The summed E-state index contributed by atoms with van der Waals surface area (Å²) in [5.74, 6) is 0.0698. The number of ether oxygens (including phenoxy) is 1. The van der Waals surface area contributed by atoms with Gasteiger partial charge >= 0.3 is 0 Å².